The van der Waals surface area contributed by atoms with Crippen molar-refractivity contribution in [3.8, 4) is 6.07 Å². The van der Waals surface area contributed by atoms with Gasteiger partial charge in [-0.05, 0) is 25.5 Å². The third-order valence-corrected chi connectivity index (χ3v) is 3.52. The molecule has 102 valence electrons. The van der Waals surface area contributed by atoms with E-state index in [4.69, 9.17) is 9.78 Å². The highest BCUT2D eigenvalue weighted by atomic mass is 19.1. The van der Waals surface area contributed by atoms with E-state index in [0.29, 0.717) is 23.9 Å². The first-order valence-corrected chi connectivity index (χ1v) is 6.43. The first-order valence-electron chi connectivity index (χ1n) is 6.43. The van der Waals surface area contributed by atoms with E-state index in [9.17, 15) is 4.39 Å². The van der Waals surface area contributed by atoms with Gasteiger partial charge in [-0.2, -0.15) is 10.2 Å². The van der Waals surface area contributed by atoms with Gasteiger partial charge in [0.05, 0.1) is 11.6 Å². The minimum Gasteiger partial charge on any atom is -0.370 e. The number of anilines is 1. The van der Waals surface area contributed by atoms with E-state index in [1.165, 1.54) is 6.07 Å². The van der Waals surface area contributed by atoms with Crippen molar-refractivity contribution < 1.29 is 8.91 Å². The lowest BCUT2D eigenvalue weighted by Gasteiger charge is -2.19. The molecular weight excluding hydrogens is 259 g/mol. The van der Waals surface area contributed by atoms with E-state index in [1.54, 1.807) is 19.1 Å². The maximum Gasteiger partial charge on any atom is 0.231 e. The van der Waals surface area contributed by atoms with Crippen molar-refractivity contribution in [2.75, 3.05) is 18.0 Å². The molecule has 2 heterocycles. The van der Waals surface area contributed by atoms with Gasteiger partial charge in [0.25, 0.3) is 0 Å². The molecule has 20 heavy (non-hydrogen) atoms. The van der Waals surface area contributed by atoms with E-state index in [0.717, 1.165) is 13.0 Å². The highest BCUT2D eigenvalue weighted by molar-refractivity contribution is 5.60. The van der Waals surface area contributed by atoms with Crippen LogP contribution in [0.5, 0.6) is 0 Å². The van der Waals surface area contributed by atoms with Crippen LogP contribution in [-0.2, 0) is 0 Å². The lowest BCUT2D eigenvalue weighted by atomic mass is 10.1. The van der Waals surface area contributed by atoms with Crippen LogP contribution in [0, 0.1) is 24.1 Å². The quantitative estimate of drug-likeness (QED) is 0.839. The molecule has 2 aromatic rings. The average molecular weight is 272 g/mol. The molecule has 1 aromatic heterocycles. The zero-order valence-electron chi connectivity index (χ0n) is 11.0. The van der Waals surface area contributed by atoms with Crippen LogP contribution >= 0.6 is 0 Å². The van der Waals surface area contributed by atoms with Crippen molar-refractivity contribution in [2.24, 2.45) is 0 Å². The van der Waals surface area contributed by atoms with Gasteiger partial charge in [-0.1, -0.05) is 11.2 Å². The summed E-state index contributed by atoms with van der Waals surface area (Å²) in [5.74, 6) is 0.870. The maximum atomic E-state index is 13.6. The minimum atomic E-state index is -0.484. The lowest BCUT2D eigenvalue weighted by molar-refractivity contribution is 0.356. The predicted octanol–water partition coefficient (Wildman–Crippen LogP) is 2.38. The summed E-state index contributed by atoms with van der Waals surface area (Å²) in [5, 5.41) is 12.9. The Balaban J connectivity index is 1.84. The number of hydrogen-bond donors (Lipinski definition) is 0. The van der Waals surface area contributed by atoms with Crippen molar-refractivity contribution in [2.45, 2.75) is 19.3 Å². The Hall–Kier alpha value is -2.42. The Morgan fingerprint density at radius 3 is 3.05 bits per heavy atom. The molecule has 1 saturated heterocycles. The second kappa shape index (κ2) is 4.93. The molecule has 5 nitrogen and oxygen atoms in total. The fourth-order valence-corrected chi connectivity index (χ4v) is 2.55. The van der Waals surface area contributed by atoms with Crippen molar-refractivity contribution in [1.29, 1.82) is 5.26 Å². The standard InChI is InChI=1S/C14H13FN4O/c1-9-17-14(20-18-9)10-5-6-19(8-10)13-4-2-3-12(15)11(13)7-16/h2-4,10H,5-6,8H2,1H3. The third-order valence-electron chi connectivity index (χ3n) is 3.52. The molecule has 0 bridgehead atoms. The van der Waals surface area contributed by atoms with Gasteiger partial charge in [0.2, 0.25) is 5.89 Å². The molecule has 0 saturated carbocycles. The van der Waals surface area contributed by atoms with Crippen molar-refractivity contribution in [1.82, 2.24) is 10.1 Å². The number of nitriles is 1. The Kier molecular flexibility index (Phi) is 3.11. The summed E-state index contributed by atoms with van der Waals surface area (Å²) < 4.78 is 18.8. The molecule has 1 fully saturated rings. The maximum absolute atomic E-state index is 13.6. The van der Waals surface area contributed by atoms with Crippen LogP contribution in [0.2, 0.25) is 0 Å². The zero-order chi connectivity index (χ0) is 14.1. The second-order valence-electron chi connectivity index (χ2n) is 4.86. The van der Waals surface area contributed by atoms with Gasteiger partial charge in [0, 0.05) is 13.1 Å². The summed E-state index contributed by atoms with van der Waals surface area (Å²) in [5.41, 5.74) is 0.723. The van der Waals surface area contributed by atoms with Gasteiger partial charge in [-0.15, -0.1) is 0 Å². The molecule has 6 heteroatoms. The highest BCUT2D eigenvalue weighted by Gasteiger charge is 2.29. The fraction of sp³-hybridized carbons (Fsp3) is 0.357. The third kappa shape index (κ3) is 2.11. The number of rotatable bonds is 2. The topological polar surface area (TPSA) is 66.0 Å². The van der Waals surface area contributed by atoms with E-state index >= 15 is 0 Å². The monoisotopic (exact) mass is 272 g/mol. The Labute approximate surface area is 115 Å². The normalized spacial score (nSPS) is 18.2. The summed E-state index contributed by atoms with van der Waals surface area (Å²) in [6.45, 7) is 3.17. The molecule has 1 aliphatic heterocycles. The van der Waals surface area contributed by atoms with Crippen LogP contribution in [0.3, 0.4) is 0 Å². The highest BCUT2D eigenvalue weighted by Crippen LogP contribution is 2.32. The van der Waals surface area contributed by atoms with Gasteiger partial charge in [0.15, 0.2) is 5.82 Å². The average Bonchev–Trinajstić information content (AvgIpc) is 3.07. The molecule has 0 aliphatic carbocycles. The first kappa shape index (κ1) is 12.6. The number of hydrogen-bond acceptors (Lipinski definition) is 5. The minimum absolute atomic E-state index is 0.0925. The molecule has 3 rings (SSSR count). The van der Waals surface area contributed by atoms with E-state index in [2.05, 4.69) is 10.1 Å². The molecule has 1 unspecified atom stereocenters. The Morgan fingerprint density at radius 1 is 1.50 bits per heavy atom. The van der Waals surface area contributed by atoms with Gasteiger partial charge < -0.3 is 9.42 Å². The summed E-state index contributed by atoms with van der Waals surface area (Å²) in [7, 11) is 0. The second-order valence-corrected chi connectivity index (χ2v) is 4.86. The molecule has 0 spiro atoms. The summed E-state index contributed by atoms with van der Waals surface area (Å²) >= 11 is 0. The van der Waals surface area contributed by atoms with Crippen LogP contribution in [0.4, 0.5) is 10.1 Å². The molecule has 1 atom stereocenters. The van der Waals surface area contributed by atoms with Crippen LogP contribution in [0.25, 0.3) is 0 Å². The fourth-order valence-electron chi connectivity index (χ4n) is 2.55. The number of aromatic nitrogens is 2. The van der Waals surface area contributed by atoms with Crippen LogP contribution < -0.4 is 4.90 Å². The Bertz CT molecular complexity index is 676. The number of nitrogens with zero attached hydrogens (tertiary/aromatic N) is 4. The van der Waals surface area contributed by atoms with E-state index < -0.39 is 5.82 Å². The van der Waals surface area contributed by atoms with E-state index in [-0.39, 0.29) is 11.5 Å². The van der Waals surface area contributed by atoms with Gasteiger partial charge in [-0.3, -0.25) is 0 Å². The molecule has 0 N–H and O–H groups in total. The van der Waals surface area contributed by atoms with Gasteiger partial charge in [0.1, 0.15) is 17.4 Å². The van der Waals surface area contributed by atoms with Crippen molar-refractivity contribution in [3.05, 3.63) is 41.3 Å². The summed E-state index contributed by atoms with van der Waals surface area (Å²) in [6.07, 6.45) is 0.850. The van der Waals surface area contributed by atoms with Crippen molar-refractivity contribution >= 4 is 5.69 Å². The van der Waals surface area contributed by atoms with Crippen LogP contribution in [0.15, 0.2) is 22.7 Å². The molecular formula is C14H13FN4O. The molecule has 1 aliphatic rings. The number of halogens is 1. The Morgan fingerprint density at radius 2 is 2.35 bits per heavy atom. The molecule has 0 amide bonds. The molecule has 1 aromatic carbocycles. The van der Waals surface area contributed by atoms with E-state index in [1.807, 2.05) is 11.0 Å². The lowest BCUT2D eigenvalue weighted by Crippen LogP contribution is -2.20. The van der Waals surface area contributed by atoms with Gasteiger partial charge in [-0.25, -0.2) is 4.39 Å². The molecule has 0 radical (unpaired) electrons. The summed E-state index contributed by atoms with van der Waals surface area (Å²) in [4.78, 5) is 6.23. The number of aryl methyl sites for hydroxylation is 1. The SMILES string of the molecule is Cc1noc(C2CCN(c3cccc(F)c3C#N)C2)n1. The summed E-state index contributed by atoms with van der Waals surface area (Å²) in [6, 6.07) is 6.62. The largest absolute Gasteiger partial charge is 0.370 e. The van der Waals surface area contributed by atoms with Gasteiger partial charge >= 0.3 is 0 Å². The number of benzene rings is 1. The van der Waals surface area contributed by atoms with Crippen molar-refractivity contribution in [3.63, 3.8) is 0 Å². The van der Waals surface area contributed by atoms with Crippen LogP contribution in [-0.4, -0.2) is 23.2 Å². The van der Waals surface area contributed by atoms with Crippen LogP contribution in [0.1, 0.15) is 29.6 Å². The zero-order valence-corrected chi connectivity index (χ0v) is 11.0. The smallest absolute Gasteiger partial charge is 0.231 e. The predicted molar refractivity (Wildman–Crippen MR) is 69.7 cm³/mol. The first-order chi connectivity index (χ1) is 9.69.